The number of benzene rings is 1. The normalized spacial score (nSPS) is 14.6. The summed E-state index contributed by atoms with van der Waals surface area (Å²) in [6.45, 7) is 3.66. The lowest BCUT2D eigenvalue weighted by molar-refractivity contribution is 0.170. The molecule has 8 heteroatoms. The lowest BCUT2D eigenvalue weighted by atomic mass is 10.1. The number of pyridine rings is 1. The molecule has 2 aromatic heterocycles. The van der Waals surface area contributed by atoms with Crippen molar-refractivity contribution in [3.05, 3.63) is 76.5 Å². The molecular formula is C23H24F2N4O2. The highest BCUT2D eigenvalue weighted by atomic mass is 19.2. The largest absolute Gasteiger partial charge is 0.490 e. The van der Waals surface area contributed by atoms with E-state index < -0.39 is 11.6 Å². The Bertz CT molecular complexity index is 1090. The highest BCUT2D eigenvalue weighted by Gasteiger charge is 2.22. The maximum absolute atomic E-state index is 13.5. The van der Waals surface area contributed by atoms with E-state index in [4.69, 9.17) is 4.74 Å². The molecule has 1 saturated heterocycles. The fraction of sp³-hybridized carbons (Fsp3) is 0.348. The average molecular weight is 426 g/mol. The predicted octanol–water partition coefficient (Wildman–Crippen LogP) is 3.91. The number of nitrogens with zero attached hydrogens (tertiary/aromatic N) is 4. The fourth-order valence-corrected chi connectivity index (χ4v) is 3.68. The summed E-state index contributed by atoms with van der Waals surface area (Å²) in [5, 5.41) is 0. The molecule has 0 unspecified atom stereocenters. The van der Waals surface area contributed by atoms with Gasteiger partial charge in [0.2, 0.25) is 5.95 Å². The van der Waals surface area contributed by atoms with Gasteiger partial charge in [-0.25, -0.2) is 18.7 Å². The van der Waals surface area contributed by atoms with Crippen LogP contribution in [0.3, 0.4) is 0 Å². The first-order valence-electron chi connectivity index (χ1n) is 10.4. The van der Waals surface area contributed by atoms with Crippen LogP contribution in [0.4, 0.5) is 14.7 Å². The Labute approximate surface area is 179 Å². The van der Waals surface area contributed by atoms with Crippen LogP contribution in [0.2, 0.25) is 0 Å². The molecule has 1 aromatic carbocycles. The Morgan fingerprint density at radius 2 is 1.81 bits per heavy atom. The molecule has 1 fully saturated rings. The lowest BCUT2D eigenvalue weighted by Gasteiger charge is -2.32. The zero-order valence-corrected chi connectivity index (χ0v) is 17.3. The maximum atomic E-state index is 13.5. The first-order chi connectivity index (χ1) is 15.0. The van der Waals surface area contributed by atoms with Crippen LogP contribution in [0.1, 0.15) is 31.7 Å². The van der Waals surface area contributed by atoms with E-state index in [-0.39, 0.29) is 17.4 Å². The Morgan fingerprint density at radius 1 is 1.06 bits per heavy atom. The van der Waals surface area contributed by atoms with Gasteiger partial charge in [0.25, 0.3) is 5.56 Å². The Balaban J connectivity index is 1.36. The number of piperidine rings is 1. The number of hydrogen-bond donors (Lipinski definition) is 0. The van der Waals surface area contributed by atoms with Gasteiger partial charge >= 0.3 is 0 Å². The van der Waals surface area contributed by atoms with Crippen LogP contribution >= 0.6 is 0 Å². The molecule has 6 nitrogen and oxygen atoms in total. The molecule has 1 aliphatic rings. The minimum atomic E-state index is -1.000. The predicted molar refractivity (Wildman–Crippen MR) is 114 cm³/mol. The van der Waals surface area contributed by atoms with E-state index in [9.17, 15) is 13.6 Å². The molecule has 0 atom stereocenters. The summed E-state index contributed by atoms with van der Waals surface area (Å²) in [7, 11) is 0. The third-order valence-corrected chi connectivity index (χ3v) is 5.33. The first-order valence-corrected chi connectivity index (χ1v) is 10.4. The zero-order chi connectivity index (χ0) is 21.8. The van der Waals surface area contributed by atoms with Gasteiger partial charge in [0.1, 0.15) is 11.9 Å². The van der Waals surface area contributed by atoms with Crippen LogP contribution in [0, 0.1) is 11.6 Å². The van der Waals surface area contributed by atoms with E-state index in [1.54, 1.807) is 6.07 Å². The van der Waals surface area contributed by atoms with Crippen LogP contribution in [0.5, 0.6) is 5.75 Å². The summed E-state index contributed by atoms with van der Waals surface area (Å²) >= 11 is 0. The third kappa shape index (κ3) is 4.90. The van der Waals surface area contributed by atoms with E-state index in [1.165, 1.54) is 22.9 Å². The molecular weight excluding hydrogens is 402 g/mol. The Kier molecular flexibility index (Phi) is 6.25. The van der Waals surface area contributed by atoms with Crippen molar-refractivity contribution >= 4 is 5.95 Å². The van der Waals surface area contributed by atoms with Gasteiger partial charge < -0.3 is 9.64 Å². The van der Waals surface area contributed by atoms with Crippen molar-refractivity contribution in [1.29, 1.82) is 0 Å². The molecule has 0 amide bonds. The number of aryl methyl sites for hydroxylation is 1. The minimum Gasteiger partial charge on any atom is -0.490 e. The van der Waals surface area contributed by atoms with E-state index in [0.717, 1.165) is 62.4 Å². The van der Waals surface area contributed by atoms with Crippen LogP contribution < -0.4 is 15.2 Å². The molecule has 4 rings (SSSR count). The van der Waals surface area contributed by atoms with E-state index >= 15 is 0 Å². The number of anilines is 1. The van der Waals surface area contributed by atoms with Gasteiger partial charge in [-0.05, 0) is 30.2 Å². The summed E-state index contributed by atoms with van der Waals surface area (Å²) < 4.78 is 33.8. The molecule has 31 heavy (non-hydrogen) atoms. The summed E-state index contributed by atoms with van der Waals surface area (Å²) in [6.07, 6.45) is 8.87. The number of halogens is 2. The van der Waals surface area contributed by atoms with Crippen LogP contribution in [0.25, 0.3) is 5.69 Å². The topological polar surface area (TPSA) is 60.2 Å². The first kappa shape index (κ1) is 21.0. The SMILES string of the molecule is CCCc1cnc(N2CCC(Oc3ccn(-c4ccc(F)c(F)c4)c(=O)c3)CC2)nc1. The second-order valence-corrected chi connectivity index (χ2v) is 7.61. The summed E-state index contributed by atoms with van der Waals surface area (Å²) in [5.74, 6) is -0.763. The highest BCUT2D eigenvalue weighted by Crippen LogP contribution is 2.21. The van der Waals surface area contributed by atoms with Gasteiger partial charge in [-0.15, -0.1) is 0 Å². The molecule has 1 aliphatic heterocycles. The van der Waals surface area contributed by atoms with E-state index in [1.807, 2.05) is 12.4 Å². The van der Waals surface area contributed by atoms with Crippen molar-refractivity contribution in [3.8, 4) is 11.4 Å². The number of hydrogen-bond acceptors (Lipinski definition) is 5. The molecule has 0 spiro atoms. The molecule has 0 saturated carbocycles. The highest BCUT2D eigenvalue weighted by molar-refractivity contribution is 5.35. The molecule has 0 aliphatic carbocycles. The minimum absolute atomic E-state index is 0.0193. The summed E-state index contributed by atoms with van der Waals surface area (Å²) in [4.78, 5) is 23.5. The van der Waals surface area contributed by atoms with E-state index in [0.29, 0.717) is 5.75 Å². The van der Waals surface area contributed by atoms with Gasteiger partial charge in [-0.2, -0.15) is 0 Å². The summed E-state index contributed by atoms with van der Waals surface area (Å²) in [5.41, 5.74) is 1.03. The van der Waals surface area contributed by atoms with Crippen LogP contribution in [-0.4, -0.2) is 33.7 Å². The lowest BCUT2D eigenvalue weighted by Crippen LogP contribution is -2.39. The van der Waals surface area contributed by atoms with Crippen molar-refractivity contribution in [2.24, 2.45) is 0 Å². The molecule has 3 heterocycles. The smallest absolute Gasteiger partial charge is 0.258 e. The van der Waals surface area contributed by atoms with Gasteiger partial charge in [0.15, 0.2) is 11.6 Å². The van der Waals surface area contributed by atoms with Crippen molar-refractivity contribution in [3.63, 3.8) is 0 Å². The molecule has 0 N–H and O–H groups in total. The van der Waals surface area contributed by atoms with Crippen LogP contribution in [-0.2, 0) is 6.42 Å². The van der Waals surface area contributed by atoms with E-state index in [2.05, 4.69) is 21.8 Å². The zero-order valence-electron chi connectivity index (χ0n) is 17.3. The number of aromatic nitrogens is 3. The standard InChI is InChI=1S/C23H24F2N4O2/c1-2-3-16-14-26-23(27-15-16)28-9-6-18(7-10-28)31-19-8-11-29(22(30)13-19)17-4-5-20(24)21(25)12-17/h4-5,8,11-15,18H,2-3,6-7,9-10H2,1H3. The van der Waals surface area contributed by atoms with Crippen molar-refractivity contribution < 1.29 is 13.5 Å². The molecule has 0 bridgehead atoms. The van der Waals surface area contributed by atoms with Crippen molar-refractivity contribution in [2.75, 3.05) is 18.0 Å². The van der Waals surface area contributed by atoms with Crippen molar-refractivity contribution in [2.45, 2.75) is 38.7 Å². The quantitative estimate of drug-likeness (QED) is 0.598. The second kappa shape index (κ2) is 9.24. The average Bonchev–Trinajstić information content (AvgIpc) is 2.77. The molecule has 162 valence electrons. The monoisotopic (exact) mass is 426 g/mol. The van der Waals surface area contributed by atoms with Gasteiger partial charge in [0.05, 0.1) is 5.69 Å². The fourth-order valence-electron chi connectivity index (χ4n) is 3.68. The third-order valence-electron chi connectivity index (χ3n) is 5.33. The van der Waals surface area contributed by atoms with Crippen molar-refractivity contribution in [1.82, 2.24) is 14.5 Å². The number of rotatable bonds is 6. The Hall–Kier alpha value is -3.29. The second-order valence-electron chi connectivity index (χ2n) is 7.61. The molecule has 3 aromatic rings. The van der Waals surface area contributed by atoms with Gasteiger partial charge in [0, 0.05) is 56.7 Å². The number of ether oxygens (including phenoxy) is 1. The summed E-state index contributed by atoms with van der Waals surface area (Å²) in [6, 6.07) is 6.36. The van der Waals surface area contributed by atoms with Gasteiger partial charge in [-0.3, -0.25) is 9.36 Å². The molecule has 0 radical (unpaired) electrons. The Morgan fingerprint density at radius 3 is 2.45 bits per heavy atom. The van der Waals surface area contributed by atoms with Crippen LogP contribution in [0.15, 0.2) is 53.7 Å². The maximum Gasteiger partial charge on any atom is 0.258 e. The van der Waals surface area contributed by atoms with Gasteiger partial charge in [-0.1, -0.05) is 13.3 Å².